The molecule has 5 saturated heterocycles. The predicted octanol–water partition coefficient (Wildman–Crippen LogP) is 10.2. The molecule has 0 bridgehead atoms. The van der Waals surface area contributed by atoms with Gasteiger partial charge in [-0.15, -0.1) is 0 Å². The van der Waals surface area contributed by atoms with Gasteiger partial charge in [0.25, 0.3) is 23.6 Å². The van der Waals surface area contributed by atoms with Gasteiger partial charge >= 0.3 is 19.3 Å². The number of halogens is 1. The fourth-order valence-corrected chi connectivity index (χ4v) is 20.0. The van der Waals surface area contributed by atoms with Crippen molar-refractivity contribution in [3.63, 3.8) is 0 Å². The van der Waals surface area contributed by atoms with Crippen molar-refractivity contribution in [2.75, 3.05) is 111 Å². The average Bonchev–Trinajstić information content (AvgIpc) is 1.62. The standard InChI is InChI=1S/C26H37N3O5.2C23H31N3O4.C21H31BN2O5.C11H18BrNO2/c1-26(2,3)34-25(32)29-11-8-17(9-12-29)14-18-15-22(27-20-7-5-4-6-19(18)20)24(31)28-21-10-13-33-16-23(21)30;2*1-15(27)26-9-6-16(7-10-26)12-17-13-21(24-19-5-3-2-4-18(17)19)23(29)25-20-8-11-30-14-22(20)28;1-20(2)21(3,4)29-22(28-20)14-11-17(23-15-8-6-5-7-13(14)15)19(26)24-16-9-10-27-12-18(16)25;1-11(2,3)15-10(14)13-6-4-9(8-12)5-7-13/h8,15,21,23,30H,4-7,9-14,16H2,1-3H3,(H,28,31);2*6,13,20,22,28H,2-5,7-12,14H2,1H3,(H,25,29);11,16,18,25H,5-10,12H2,1-4H3,(H,24,26);4H,5-8H2,1-3H3/t21-,23-;2*20-,22-;16-,18-;/m0000./s1. The minimum atomic E-state index is -0.701. The highest BCUT2D eigenvalue weighted by Crippen LogP contribution is 2.39. The molecule has 17 rings (SSSR count). The summed E-state index contributed by atoms with van der Waals surface area (Å²) in [5.74, 6) is -0.745. The Balaban J connectivity index is 0.000000148. The first-order valence-electron chi connectivity index (χ1n) is 50.3. The number of aliphatic hydroxyl groups excluding tert-OH is 4. The van der Waals surface area contributed by atoms with Crippen molar-refractivity contribution < 1.29 is 96.5 Å². The van der Waals surface area contributed by atoms with Crippen LogP contribution in [0.1, 0.15) is 289 Å². The molecule has 0 saturated carbocycles. The van der Waals surface area contributed by atoms with E-state index in [4.69, 9.17) is 52.7 Å². The molecule has 0 radical (unpaired) electrons. The average molecular weight is 1980 g/mol. The van der Waals surface area contributed by atoms with Crippen molar-refractivity contribution in [2.24, 2.45) is 0 Å². The quantitative estimate of drug-likeness (QED) is 0.0293. The van der Waals surface area contributed by atoms with Gasteiger partial charge < -0.3 is 99.0 Å². The number of carbonyl (C=O) groups excluding carboxylic acids is 8. The number of aliphatic hydroxyl groups is 4. The molecule has 13 heterocycles. The minimum Gasteiger partial charge on any atom is -0.444 e. The van der Waals surface area contributed by atoms with Gasteiger partial charge in [0.2, 0.25) is 11.8 Å². The predicted molar refractivity (Wildman–Crippen MR) is 526 cm³/mol. The second-order valence-electron chi connectivity index (χ2n) is 41.7. The Labute approximate surface area is 822 Å². The van der Waals surface area contributed by atoms with Crippen molar-refractivity contribution >= 4 is 76.1 Å². The molecule has 4 aromatic rings. The van der Waals surface area contributed by atoms with E-state index in [0.717, 1.165) is 212 Å². The van der Waals surface area contributed by atoms with Crippen LogP contribution in [0.5, 0.6) is 0 Å². The van der Waals surface area contributed by atoms with E-state index in [9.17, 15) is 58.8 Å². The third-order valence-electron chi connectivity index (χ3n) is 28.4. The van der Waals surface area contributed by atoms with E-state index in [0.29, 0.717) is 108 Å². The largest absolute Gasteiger partial charge is 0.495 e. The number of fused-ring (bicyclic) bond motifs is 4. The highest BCUT2D eigenvalue weighted by molar-refractivity contribution is 9.09. The van der Waals surface area contributed by atoms with E-state index in [2.05, 4.69) is 66.5 Å². The summed E-state index contributed by atoms with van der Waals surface area (Å²) in [5.41, 5.74) is 18.6. The van der Waals surface area contributed by atoms with E-state index < -0.39 is 53.9 Å². The topological polar surface area (TPSA) is 404 Å². The van der Waals surface area contributed by atoms with Crippen molar-refractivity contribution in [1.29, 1.82) is 0 Å². The summed E-state index contributed by atoms with van der Waals surface area (Å²) in [6.07, 6.45) is 29.8. The minimum absolute atomic E-state index is 0.112. The molecule has 4 aromatic heterocycles. The van der Waals surface area contributed by atoms with Gasteiger partial charge in [0.05, 0.1) is 86.2 Å². The molecule has 34 heteroatoms. The van der Waals surface area contributed by atoms with Crippen LogP contribution in [0, 0.1) is 0 Å². The zero-order valence-electron chi connectivity index (χ0n) is 83.2. The summed E-state index contributed by atoms with van der Waals surface area (Å²) < 4.78 is 44.4. The second-order valence-corrected chi connectivity index (χ2v) is 42.2. The van der Waals surface area contributed by atoms with Crippen molar-refractivity contribution in [1.82, 2.24) is 60.8 Å². The highest BCUT2D eigenvalue weighted by atomic mass is 79.9. The highest BCUT2D eigenvalue weighted by Gasteiger charge is 2.53. The molecule has 0 spiro atoms. The lowest BCUT2D eigenvalue weighted by atomic mass is 9.72. The van der Waals surface area contributed by atoms with Crippen LogP contribution in [0.2, 0.25) is 0 Å². The molecule has 0 unspecified atom stereocenters. The van der Waals surface area contributed by atoms with Crippen LogP contribution in [0.3, 0.4) is 0 Å². The molecule has 9 aliphatic heterocycles. The Morgan fingerprint density at radius 3 is 0.935 bits per heavy atom. The zero-order chi connectivity index (χ0) is 98.8. The Hall–Kier alpha value is -8.94. The number of nitrogens with zero attached hydrogens (tertiary/aromatic N) is 8. The molecule has 4 aliphatic carbocycles. The number of pyridine rings is 4. The van der Waals surface area contributed by atoms with E-state index in [1.165, 1.54) is 50.1 Å². The number of alkyl halides is 1. The lowest BCUT2D eigenvalue weighted by molar-refractivity contribution is -0.129. The zero-order valence-corrected chi connectivity index (χ0v) is 84.8. The molecule has 5 fully saturated rings. The number of amides is 8. The first-order chi connectivity index (χ1) is 65.8. The first-order valence-corrected chi connectivity index (χ1v) is 51.4. The van der Waals surface area contributed by atoms with Gasteiger partial charge in [0, 0.05) is 121 Å². The van der Waals surface area contributed by atoms with Gasteiger partial charge in [0.1, 0.15) is 34.0 Å². The SMILES string of the molecule is CC(=O)N1CC=C(Cc2cc(C(=O)N[C@H]3CCOC[C@@H]3O)nc3c2CCCC3)CC1.CC(=O)N1CC=C(Cc2cc(C(=O)N[C@H]3CCOC[C@@H]3O)nc3c2CCCC3)CC1.CC(C)(C)OC(=O)N1CC=C(CBr)CC1.CC(C)(C)OC(=O)N1CC=C(Cc2cc(C(=O)N[C@H]3CCOC[C@@H]3O)nc3c2CCCC3)CC1.CC1(C)OB(c2cc(C(=O)N[C@H]3CCOC[C@@H]3O)nc3c2CCCC3)OC1(C)C. The molecule has 0 aromatic carbocycles. The maximum atomic E-state index is 13.0. The summed E-state index contributed by atoms with van der Waals surface area (Å²) in [4.78, 5) is 125. The van der Waals surface area contributed by atoms with Crippen molar-refractivity contribution in [2.45, 2.75) is 327 Å². The molecule has 8 amide bonds. The number of hydrogen-bond acceptors (Lipinski definition) is 24. The Bertz CT molecular complexity index is 4970. The number of rotatable bonds is 16. The third-order valence-corrected chi connectivity index (χ3v) is 29.1. The number of ether oxygens (including phenoxy) is 6. The fraction of sp³-hybridized carbons (Fsp3) is 0.654. The maximum absolute atomic E-state index is 13.0. The Morgan fingerprint density at radius 2 is 0.667 bits per heavy atom. The number of aryl methyl sites for hydroxylation is 4. The Kier molecular flexibility index (Phi) is 37.5. The van der Waals surface area contributed by atoms with E-state index >= 15 is 0 Å². The van der Waals surface area contributed by atoms with Gasteiger partial charge in [-0.3, -0.25) is 28.8 Å². The Morgan fingerprint density at radius 1 is 0.399 bits per heavy atom. The molecule has 754 valence electrons. The summed E-state index contributed by atoms with van der Waals surface area (Å²) in [7, 11) is -0.518. The van der Waals surface area contributed by atoms with Crippen LogP contribution in [-0.2, 0) is 118 Å². The first kappa shape index (κ1) is 106. The number of aromatic nitrogens is 4. The van der Waals surface area contributed by atoms with Crippen LogP contribution in [0.15, 0.2) is 70.9 Å². The lowest BCUT2D eigenvalue weighted by Gasteiger charge is -2.32. The number of carbonyl (C=O) groups is 8. The molecule has 8 atom stereocenters. The summed E-state index contributed by atoms with van der Waals surface area (Å²) >= 11 is 3.41. The van der Waals surface area contributed by atoms with Crippen LogP contribution in [0.25, 0.3) is 0 Å². The fourth-order valence-electron chi connectivity index (χ4n) is 19.5. The van der Waals surface area contributed by atoms with Crippen molar-refractivity contribution in [3.05, 3.63) is 155 Å². The normalized spacial score (nSPS) is 23.9. The van der Waals surface area contributed by atoms with E-state index in [-0.39, 0.29) is 98.2 Å². The van der Waals surface area contributed by atoms with Gasteiger partial charge in [-0.1, -0.05) is 62.5 Å². The van der Waals surface area contributed by atoms with Crippen LogP contribution in [0.4, 0.5) is 9.59 Å². The van der Waals surface area contributed by atoms with E-state index in [1.807, 2.05) is 103 Å². The summed E-state index contributed by atoms with van der Waals surface area (Å²) in [6.45, 7) is 31.1. The molecule has 8 N–H and O–H groups in total. The second kappa shape index (κ2) is 48.7. The van der Waals surface area contributed by atoms with Gasteiger partial charge in [0.15, 0.2) is 0 Å². The smallest absolute Gasteiger partial charge is 0.444 e. The summed E-state index contributed by atoms with van der Waals surface area (Å²) in [5, 5.41) is 53.1. The lowest BCUT2D eigenvalue weighted by Crippen LogP contribution is -2.49. The molecule has 32 nitrogen and oxygen atoms in total. The van der Waals surface area contributed by atoms with Crippen LogP contribution in [-0.4, -0.2) is 296 Å². The third kappa shape index (κ3) is 29.4. The summed E-state index contributed by atoms with van der Waals surface area (Å²) in [6, 6.07) is 6.36. The number of nitrogens with one attached hydrogen (secondary N) is 4. The van der Waals surface area contributed by atoms with Gasteiger partial charge in [-0.2, -0.15) is 0 Å². The van der Waals surface area contributed by atoms with Gasteiger partial charge in [-0.05, 0) is 311 Å². The van der Waals surface area contributed by atoms with Crippen LogP contribution < -0.4 is 26.7 Å². The van der Waals surface area contributed by atoms with Gasteiger partial charge in [-0.25, -0.2) is 29.5 Å². The monoisotopic (exact) mass is 1980 g/mol. The molecule has 138 heavy (non-hydrogen) atoms. The molecular formula is C104H148BBrN12O20. The van der Waals surface area contributed by atoms with Crippen LogP contribution >= 0.6 is 15.9 Å². The van der Waals surface area contributed by atoms with E-state index in [1.54, 1.807) is 23.6 Å². The molecule has 13 aliphatic rings. The van der Waals surface area contributed by atoms with Crippen molar-refractivity contribution in [3.8, 4) is 0 Å². The molecular weight excluding hydrogens is 1830 g/mol. The maximum Gasteiger partial charge on any atom is 0.495 e. The number of hydrogen-bond donors (Lipinski definition) is 8.